The van der Waals surface area contributed by atoms with Crippen LogP contribution in [0.5, 0.6) is 0 Å². The lowest BCUT2D eigenvalue weighted by molar-refractivity contribution is 0.0518. The number of benzene rings is 1. The summed E-state index contributed by atoms with van der Waals surface area (Å²) in [4.78, 5) is 17.1. The van der Waals surface area contributed by atoms with Crippen molar-refractivity contribution in [1.82, 2.24) is 13.9 Å². The molecule has 32 heavy (non-hydrogen) atoms. The Hall–Kier alpha value is -2.78. The Morgan fingerprint density at radius 3 is 2.84 bits per heavy atom. The first-order valence-corrected chi connectivity index (χ1v) is 12.4. The number of thiazole rings is 1. The highest BCUT2D eigenvalue weighted by atomic mass is 32.2. The molecule has 0 bridgehead atoms. The molecule has 2 aromatic heterocycles. The van der Waals surface area contributed by atoms with E-state index in [1.807, 2.05) is 10.6 Å². The van der Waals surface area contributed by atoms with Gasteiger partial charge in [-0.05, 0) is 37.1 Å². The molecule has 0 saturated carbocycles. The van der Waals surface area contributed by atoms with Gasteiger partial charge in [0.25, 0.3) is 0 Å². The minimum atomic E-state index is -3.49. The number of nitriles is 1. The largest absolute Gasteiger partial charge is 0.461 e. The summed E-state index contributed by atoms with van der Waals surface area (Å²) >= 11 is 1.25. The maximum Gasteiger partial charge on any atom is 0.358 e. The van der Waals surface area contributed by atoms with Crippen LogP contribution in [0.15, 0.2) is 23.7 Å². The molecule has 1 aliphatic carbocycles. The molecule has 9 nitrogen and oxygen atoms in total. The van der Waals surface area contributed by atoms with Crippen LogP contribution >= 0.6 is 11.3 Å². The number of rotatable bonds is 6. The Kier molecular flexibility index (Phi) is 5.81. The monoisotopic (exact) mass is 473 g/mol. The molecular formula is C21H23N5O4S2. The van der Waals surface area contributed by atoms with Gasteiger partial charge < -0.3 is 15.0 Å². The third-order valence-corrected chi connectivity index (χ3v) is 8.84. The second kappa shape index (κ2) is 8.29. The molecule has 168 valence electrons. The molecule has 0 radical (unpaired) electrons. The number of ether oxygens (including phenoxy) is 1. The molecule has 3 aromatic rings. The summed E-state index contributed by atoms with van der Waals surface area (Å²) in [6.07, 6.45) is -0.149. The van der Waals surface area contributed by atoms with Gasteiger partial charge in [-0.1, -0.05) is 0 Å². The second-order valence-corrected chi connectivity index (χ2v) is 11.0. The number of carbonyl (C=O) groups excluding carboxylic acids is 1. The third-order valence-electron chi connectivity index (χ3n) is 5.74. The summed E-state index contributed by atoms with van der Waals surface area (Å²) in [6.45, 7) is 1.93. The van der Waals surface area contributed by atoms with Gasteiger partial charge in [0.1, 0.15) is 6.17 Å². The predicted molar refractivity (Wildman–Crippen MR) is 121 cm³/mol. The molecule has 2 heterocycles. The number of nitrogens with zero attached hydrogens (tertiary/aromatic N) is 4. The van der Waals surface area contributed by atoms with Crippen molar-refractivity contribution in [3.05, 3.63) is 51.1 Å². The van der Waals surface area contributed by atoms with Crippen LogP contribution in [0.1, 0.15) is 45.3 Å². The Morgan fingerprint density at radius 1 is 1.44 bits per heavy atom. The van der Waals surface area contributed by atoms with Gasteiger partial charge in [0.15, 0.2) is 5.69 Å². The van der Waals surface area contributed by atoms with Crippen molar-refractivity contribution in [2.24, 2.45) is 5.73 Å². The normalized spacial score (nSPS) is 16.8. The molecule has 1 unspecified atom stereocenters. The first kappa shape index (κ1) is 22.4. The lowest BCUT2D eigenvalue weighted by Crippen LogP contribution is -2.34. The van der Waals surface area contributed by atoms with Gasteiger partial charge >= 0.3 is 5.97 Å². The Balaban J connectivity index is 1.88. The molecular weight excluding hydrogens is 450 g/mol. The average molecular weight is 474 g/mol. The first-order chi connectivity index (χ1) is 15.2. The van der Waals surface area contributed by atoms with Crippen molar-refractivity contribution >= 4 is 38.2 Å². The summed E-state index contributed by atoms with van der Waals surface area (Å²) in [6, 6.07) is 7.42. The number of aromatic nitrogens is 2. The second-order valence-electron chi connectivity index (χ2n) is 7.73. The van der Waals surface area contributed by atoms with Gasteiger partial charge in [-0.2, -0.15) is 5.26 Å². The molecule has 0 saturated heterocycles. The molecule has 0 fully saturated rings. The molecule has 4 rings (SSSR count). The van der Waals surface area contributed by atoms with E-state index in [1.165, 1.54) is 29.7 Å². The Morgan fingerprint density at radius 2 is 2.19 bits per heavy atom. The Bertz CT molecular complexity index is 1350. The fourth-order valence-electron chi connectivity index (χ4n) is 4.23. The predicted octanol–water partition coefficient (Wildman–Crippen LogP) is 2.01. The van der Waals surface area contributed by atoms with Crippen molar-refractivity contribution < 1.29 is 17.9 Å². The van der Waals surface area contributed by atoms with Crippen molar-refractivity contribution in [2.45, 2.75) is 31.2 Å². The summed E-state index contributed by atoms with van der Waals surface area (Å²) in [5, 5.41) is 9.55. The van der Waals surface area contributed by atoms with E-state index in [1.54, 1.807) is 24.6 Å². The highest BCUT2D eigenvalue weighted by Gasteiger charge is 2.39. The fourth-order valence-corrected chi connectivity index (χ4v) is 6.34. The summed E-state index contributed by atoms with van der Waals surface area (Å²) < 4.78 is 33.9. The number of sulfonamides is 1. The van der Waals surface area contributed by atoms with E-state index in [9.17, 15) is 18.5 Å². The molecule has 2 N–H and O–H groups in total. The topological polar surface area (TPSA) is 131 Å². The van der Waals surface area contributed by atoms with Gasteiger partial charge in [0.05, 0.1) is 39.4 Å². The lowest BCUT2D eigenvalue weighted by atomic mass is 10.1. The van der Waals surface area contributed by atoms with Gasteiger partial charge in [-0.15, -0.1) is 11.3 Å². The van der Waals surface area contributed by atoms with Gasteiger partial charge in [-0.25, -0.2) is 22.5 Å². The van der Waals surface area contributed by atoms with Crippen molar-refractivity contribution in [1.29, 1.82) is 5.26 Å². The average Bonchev–Trinajstić information content (AvgIpc) is 3.47. The van der Waals surface area contributed by atoms with Crippen LogP contribution in [0.4, 0.5) is 0 Å². The highest BCUT2D eigenvalue weighted by molar-refractivity contribution is 7.89. The smallest absolute Gasteiger partial charge is 0.358 e. The zero-order valence-electron chi connectivity index (χ0n) is 17.9. The van der Waals surface area contributed by atoms with Crippen LogP contribution in [-0.4, -0.2) is 54.2 Å². The van der Waals surface area contributed by atoms with Crippen molar-refractivity contribution in [3.63, 3.8) is 0 Å². The van der Waals surface area contributed by atoms with E-state index in [2.05, 4.69) is 11.1 Å². The van der Waals surface area contributed by atoms with E-state index >= 15 is 0 Å². The molecule has 11 heteroatoms. The van der Waals surface area contributed by atoms with Crippen LogP contribution in [0.25, 0.3) is 10.9 Å². The minimum absolute atomic E-state index is 0.157. The number of hydrogen-bond donors (Lipinski definition) is 1. The lowest BCUT2D eigenvalue weighted by Gasteiger charge is -2.20. The number of nitrogens with two attached hydrogens (primary N) is 1. The first-order valence-electron chi connectivity index (χ1n) is 10.0. The van der Waals surface area contributed by atoms with Crippen LogP contribution in [-0.2, 0) is 27.6 Å². The quantitative estimate of drug-likeness (QED) is 0.542. The SMILES string of the molecule is CCOC(=O)c1ncsc1[C@H](N)n1c2c(c3cc(C#N)ccc31)CC(S(=O)(=O)N(C)C)C2. The molecule has 0 spiro atoms. The van der Waals surface area contributed by atoms with Gasteiger partial charge in [-0.3, -0.25) is 0 Å². The standard InChI is InChI=1S/C21H23N5O4S2/c1-4-30-21(27)18-19(31-11-24-18)20(23)26-16-6-5-12(10-22)7-14(16)15-8-13(9-17(15)26)32(28,29)25(2)3/h5-7,11,13,20H,4,8-9,23H2,1-3H3/t13?,20-/m1/s1. The maximum absolute atomic E-state index is 12.8. The van der Waals surface area contributed by atoms with Crippen LogP contribution in [0, 0.1) is 11.3 Å². The zero-order valence-corrected chi connectivity index (χ0v) is 19.5. The van der Waals surface area contributed by atoms with E-state index in [-0.39, 0.29) is 18.7 Å². The minimum Gasteiger partial charge on any atom is -0.461 e. The zero-order chi connectivity index (χ0) is 23.2. The Labute approximate surface area is 190 Å². The summed E-state index contributed by atoms with van der Waals surface area (Å²) in [5.74, 6) is -0.549. The van der Waals surface area contributed by atoms with E-state index in [4.69, 9.17) is 10.5 Å². The van der Waals surface area contributed by atoms with Gasteiger partial charge in [0, 0.05) is 31.6 Å². The molecule has 0 amide bonds. The maximum atomic E-state index is 12.8. The number of carbonyl (C=O) groups is 1. The van der Waals surface area contributed by atoms with Crippen LogP contribution in [0.2, 0.25) is 0 Å². The van der Waals surface area contributed by atoms with Crippen molar-refractivity contribution in [2.75, 3.05) is 20.7 Å². The molecule has 1 aromatic carbocycles. The van der Waals surface area contributed by atoms with Crippen LogP contribution < -0.4 is 5.73 Å². The van der Waals surface area contributed by atoms with Gasteiger partial charge in [0.2, 0.25) is 10.0 Å². The number of fused-ring (bicyclic) bond motifs is 3. The molecule has 2 atom stereocenters. The van der Waals surface area contributed by atoms with E-state index in [0.717, 1.165) is 22.2 Å². The molecule has 0 aliphatic heterocycles. The van der Waals surface area contributed by atoms with E-state index < -0.39 is 27.4 Å². The van der Waals surface area contributed by atoms with Crippen LogP contribution in [0.3, 0.4) is 0 Å². The number of hydrogen-bond acceptors (Lipinski definition) is 8. The third kappa shape index (κ3) is 3.49. The van der Waals surface area contributed by atoms with Crippen molar-refractivity contribution in [3.8, 4) is 6.07 Å². The summed E-state index contributed by atoms with van der Waals surface area (Å²) in [5.41, 5.74) is 11.3. The van der Waals surface area contributed by atoms with E-state index in [0.29, 0.717) is 16.9 Å². The fraction of sp³-hybridized carbons (Fsp3) is 0.381. The molecule has 1 aliphatic rings. The summed E-state index contributed by atoms with van der Waals surface area (Å²) in [7, 11) is -0.452. The highest BCUT2D eigenvalue weighted by Crippen LogP contribution is 2.39. The number of esters is 1.